The molecule has 0 aromatic heterocycles. The average Bonchev–Trinajstić information content (AvgIpc) is 2.89. The Morgan fingerprint density at radius 2 is 2.33 bits per heavy atom. The lowest BCUT2D eigenvalue weighted by molar-refractivity contribution is -0.0961. The van der Waals surface area contributed by atoms with Crippen LogP contribution in [0.4, 0.5) is 0 Å². The van der Waals surface area contributed by atoms with Gasteiger partial charge in [-0.2, -0.15) is 11.8 Å². The molecule has 0 radical (unpaired) electrons. The summed E-state index contributed by atoms with van der Waals surface area (Å²) < 4.78 is 13.6. The monoisotopic (exact) mass is 434 g/mol. The Hall–Kier alpha value is 0.290. The van der Waals surface area contributed by atoms with Crippen molar-refractivity contribution in [3.8, 4) is 5.75 Å². The van der Waals surface area contributed by atoms with Gasteiger partial charge in [-0.25, -0.2) is 0 Å². The summed E-state index contributed by atoms with van der Waals surface area (Å²) >= 11 is 9.14. The number of benzene rings is 1. The highest BCUT2D eigenvalue weighted by molar-refractivity contribution is 9.10. The van der Waals surface area contributed by atoms with E-state index in [4.69, 9.17) is 9.47 Å². The standard InChI is InChI=1S/C16H20Br2O2S/c1-11-6-13(18)7-12(9-17)15(11)20-14-2-4-19-16(8-14)3-5-21-10-16/h6-7,14H,2-5,8-10H2,1H3. The molecule has 0 saturated carbocycles. The summed E-state index contributed by atoms with van der Waals surface area (Å²) in [5.74, 6) is 3.39. The third-order valence-corrected chi connectivity index (χ3v) is 6.54. The van der Waals surface area contributed by atoms with Gasteiger partial charge in [-0.1, -0.05) is 31.9 Å². The number of thioether (sulfide) groups is 1. The molecule has 2 heterocycles. The summed E-state index contributed by atoms with van der Waals surface area (Å²) in [4.78, 5) is 0. The zero-order chi connectivity index (χ0) is 14.9. The van der Waals surface area contributed by atoms with Gasteiger partial charge in [0.15, 0.2) is 0 Å². The van der Waals surface area contributed by atoms with Crippen molar-refractivity contribution >= 4 is 43.6 Å². The van der Waals surface area contributed by atoms with Crippen LogP contribution in [0.3, 0.4) is 0 Å². The van der Waals surface area contributed by atoms with Crippen molar-refractivity contribution in [2.75, 3.05) is 18.1 Å². The van der Waals surface area contributed by atoms with E-state index >= 15 is 0 Å². The molecule has 1 aromatic carbocycles. The Balaban J connectivity index is 1.77. The third-order valence-electron chi connectivity index (χ3n) is 4.26. The van der Waals surface area contributed by atoms with Gasteiger partial charge in [-0.15, -0.1) is 0 Å². The molecule has 1 aromatic rings. The molecule has 116 valence electrons. The Morgan fingerprint density at radius 3 is 3.05 bits per heavy atom. The van der Waals surface area contributed by atoms with Gasteiger partial charge in [0.05, 0.1) is 12.2 Å². The van der Waals surface area contributed by atoms with Crippen LogP contribution in [0.5, 0.6) is 5.75 Å². The summed E-state index contributed by atoms with van der Waals surface area (Å²) in [6, 6.07) is 4.26. The van der Waals surface area contributed by atoms with Gasteiger partial charge in [-0.3, -0.25) is 0 Å². The van der Waals surface area contributed by atoms with Crippen molar-refractivity contribution in [1.29, 1.82) is 0 Å². The highest BCUT2D eigenvalue weighted by atomic mass is 79.9. The second kappa shape index (κ2) is 6.81. The summed E-state index contributed by atoms with van der Waals surface area (Å²) in [6.07, 6.45) is 3.46. The van der Waals surface area contributed by atoms with E-state index in [1.165, 1.54) is 23.3 Å². The maximum absolute atomic E-state index is 6.41. The van der Waals surface area contributed by atoms with E-state index in [2.05, 4.69) is 50.9 Å². The first-order valence-electron chi connectivity index (χ1n) is 7.35. The minimum atomic E-state index is 0.0748. The zero-order valence-corrected chi connectivity index (χ0v) is 16.2. The quantitative estimate of drug-likeness (QED) is 0.616. The molecule has 2 aliphatic rings. The van der Waals surface area contributed by atoms with Crippen LogP contribution in [-0.4, -0.2) is 29.8 Å². The van der Waals surface area contributed by atoms with Gasteiger partial charge in [-0.05, 0) is 36.8 Å². The Labute approximate surface area is 147 Å². The van der Waals surface area contributed by atoms with Crippen molar-refractivity contribution in [3.63, 3.8) is 0 Å². The lowest BCUT2D eigenvalue weighted by atomic mass is 9.91. The minimum absolute atomic E-state index is 0.0748. The van der Waals surface area contributed by atoms with Gasteiger partial charge in [0, 0.05) is 34.0 Å². The first kappa shape index (κ1) is 16.2. The van der Waals surface area contributed by atoms with E-state index in [-0.39, 0.29) is 11.7 Å². The predicted octanol–water partition coefficient (Wildman–Crippen LogP) is 5.09. The molecular weight excluding hydrogens is 416 g/mol. The largest absolute Gasteiger partial charge is 0.490 e. The molecule has 2 aliphatic heterocycles. The van der Waals surface area contributed by atoms with Crippen molar-refractivity contribution in [2.45, 2.75) is 43.2 Å². The summed E-state index contributed by atoms with van der Waals surface area (Å²) in [5.41, 5.74) is 2.48. The number of ether oxygens (including phenoxy) is 2. The smallest absolute Gasteiger partial charge is 0.126 e. The highest BCUT2D eigenvalue weighted by Gasteiger charge is 2.41. The maximum Gasteiger partial charge on any atom is 0.126 e. The molecule has 0 aliphatic carbocycles. The number of alkyl halides is 1. The second-order valence-electron chi connectivity index (χ2n) is 5.91. The maximum atomic E-state index is 6.41. The van der Waals surface area contributed by atoms with Crippen LogP contribution in [0, 0.1) is 6.92 Å². The lowest BCUT2D eigenvalue weighted by Gasteiger charge is -2.38. The fourth-order valence-electron chi connectivity index (χ4n) is 3.18. The number of hydrogen-bond acceptors (Lipinski definition) is 3. The summed E-state index contributed by atoms with van der Waals surface area (Å²) in [5, 5.41) is 0.812. The molecule has 2 saturated heterocycles. The lowest BCUT2D eigenvalue weighted by Crippen LogP contribution is -2.44. The summed E-state index contributed by atoms with van der Waals surface area (Å²) in [7, 11) is 0. The predicted molar refractivity (Wildman–Crippen MR) is 95.8 cm³/mol. The summed E-state index contributed by atoms with van der Waals surface area (Å²) in [6.45, 7) is 2.94. The van der Waals surface area contributed by atoms with E-state index in [1.807, 2.05) is 11.8 Å². The minimum Gasteiger partial charge on any atom is -0.490 e. The van der Waals surface area contributed by atoms with Gasteiger partial charge in [0.2, 0.25) is 0 Å². The number of rotatable bonds is 3. The van der Waals surface area contributed by atoms with Crippen LogP contribution < -0.4 is 4.74 Å². The number of hydrogen-bond donors (Lipinski definition) is 0. The first-order valence-corrected chi connectivity index (χ1v) is 10.4. The van der Waals surface area contributed by atoms with Crippen LogP contribution in [0.15, 0.2) is 16.6 Å². The number of halogens is 2. The molecule has 0 bridgehead atoms. The molecule has 2 atom stereocenters. The molecule has 3 rings (SSSR count). The molecule has 0 amide bonds. The van der Waals surface area contributed by atoms with Crippen molar-refractivity contribution in [2.24, 2.45) is 0 Å². The van der Waals surface area contributed by atoms with Crippen LogP contribution >= 0.6 is 43.6 Å². The average molecular weight is 436 g/mol. The van der Waals surface area contributed by atoms with E-state index in [9.17, 15) is 0 Å². The van der Waals surface area contributed by atoms with E-state index in [1.54, 1.807) is 0 Å². The topological polar surface area (TPSA) is 18.5 Å². The van der Waals surface area contributed by atoms with Gasteiger partial charge >= 0.3 is 0 Å². The van der Waals surface area contributed by atoms with Gasteiger partial charge < -0.3 is 9.47 Å². The normalized spacial score (nSPS) is 29.0. The Kier molecular flexibility index (Phi) is 5.24. The van der Waals surface area contributed by atoms with E-state index < -0.39 is 0 Å². The van der Waals surface area contributed by atoms with Crippen LogP contribution in [0.25, 0.3) is 0 Å². The zero-order valence-electron chi connectivity index (χ0n) is 12.2. The second-order valence-corrected chi connectivity index (χ2v) is 8.49. The van der Waals surface area contributed by atoms with Crippen LogP contribution in [-0.2, 0) is 10.1 Å². The van der Waals surface area contributed by atoms with Gasteiger partial charge in [0.1, 0.15) is 11.9 Å². The Morgan fingerprint density at radius 1 is 1.48 bits per heavy atom. The third kappa shape index (κ3) is 3.62. The molecule has 5 heteroatoms. The van der Waals surface area contributed by atoms with Crippen molar-refractivity contribution in [1.82, 2.24) is 0 Å². The fraction of sp³-hybridized carbons (Fsp3) is 0.625. The molecule has 2 unspecified atom stereocenters. The molecule has 2 fully saturated rings. The van der Waals surface area contributed by atoms with Crippen molar-refractivity contribution in [3.05, 3.63) is 27.7 Å². The van der Waals surface area contributed by atoms with Crippen LogP contribution in [0.1, 0.15) is 30.4 Å². The van der Waals surface area contributed by atoms with Crippen molar-refractivity contribution < 1.29 is 9.47 Å². The van der Waals surface area contributed by atoms with Crippen LogP contribution in [0.2, 0.25) is 0 Å². The first-order chi connectivity index (χ1) is 10.1. The molecule has 2 nitrogen and oxygen atoms in total. The number of aryl methyl sites for hydroxylation is 1. The molecule has 21 heavy (non-hydrogen) atoms. The fourth-order valence-corrected chi connectivity index (χ4v) is 5.60. The molecule has 1 spiro atoms. The molecular formula is C16H20Br2O2S. The van der Waals surface area contributed by atoms with Gasteiger partial charge in [0.25, 0.3) is 0 Å². The van der Waals surface area contributed by atoms with E-state index in [0.29, 0.717) is 0 Å². The molecule has 0 N–H and O–H groups in total. The SMILES string of the molecule is Cc1cc(Br)cc(CBr)c1OC1CCOC2(CCSC2)C1. The van der Waals surface area contributed by atoms with E-state index in [0.717, 1.165) is 40.8 Å². The Bertz CT molecular complexity index is 515. The highest BCUT2D eigenvalue weighted by Crippen LogP contribution is 2.40.